The van der Waals surface area contributed by atoms with Crippen molar-refractivity contribution in [3.05, 3.63) is 30.3 Å². The highest BCUT2D eigenvalue weighted by molar-refractivity contribution is 6.14. The molecular formula is C15H15N3O3. The van der Waals surface area contributed by atoms with Gasteiger partial charge in [-0.1, -0.05) is 18.2 Å². The van der Waals surface area contributed by atoms with Gasteiger partial charge in [0.2, 0.25) is 11.4 Å². The largest absolute Gasteiger partial charge is 0.374 e. The molecule has 0 unspecified atom stereocenters. The Morgan fingerprint density at radius 3 is 2.76 bits per heavy atom. The summed E-state index contributed by atoms with van der Waals surface area (Å²) in [6, 6.07) is 10.3. The second-order valence-electron chi connectivity index (χ2n) is 5.12. The van der Waals surface area contributed by atoms with Crippen molar-refractivity contribution in [1.82, 2.24) is 5.32 Å². The summed E-state index contributed by atoms with van der Waals surface area (Å²) in [6.07, 6.45) is -0.281. The van der Waals surface area contributed by atoms with Gasteiger partial charge in [-0.2, -0.15) is 5.26 Å². The smallest absolute Gasteiger partial charge is 0.271 e. The molecule has 1 aromatic carbocycles. The average molecular weight is 285 g/mol. The highest BCUT2D eigenvalue weighted by Gasteiger charge is 2.63. The summed E-state index contributed by atoms with van der Waals surface area (Å²) in [5.74, 6) is -0.735. The lowest BCUT2D eigenvalue weighted by atomic mass is 9.77. The lowest BCUT2D eigenvalue weighted by Crippen LogP contribution is -2.80. The maximum absolute atomic E-state index is 12.8. The Hall–Kier alpha value is -2.39. The summed E-state index contributed by atoms with van der Waals surface area (Å²) in [5.41, 5.74) is -1.01. The van der Waals surface area contributed by atoms with Gasteiger partial charge in [-0.3, -0.25) is 14.5 Å². The summed E-state index contributed by atoms with van der Waals surface area (Å²) < 4.78 is 5.53. The van der Waals surface area contributed by atoms with Crippen molar-refractivity contribution in [2.24, 2.45) is 0 Å². The zero-order chi connectivity index (χ0) is 15.0. The van der Waals surface area contributed by atoms with Gasteiger partial charge in [0.15, 0.2) is 0 Å². The number of anilines is 1. The lowest BCUT2D eigenvalue weighted by Gasteiger charge is -2.51. The fourth-order valence-electron chi connectivity index (χ4n) is 3.02. The highest BCUT2D eigenvalue weighted by atomic mass is 16.5. The fraction of sp³-hybridized carbons (Fsp3) is 0.400. The minimum absolute atomic E-state index is 0.309. The maximum Gasteiger partial charge on any atom is 0.271 e. The van der Waals surface area contributed by atoms with Gasteiger partial charge >= 0.3 is 0 Å². The van der Waals surface area contributed by atoms with E-state index in [4.69, 9.17) is 4.74 Å². The van der Waals surface area contributed by atoms with Crippen molar-refractivity contribution in [2.75, 3.05) is 11.5 Å². The molecule has 0 radical (unpaired) electrons. The van der Waals surface area contributed by atoms with E-state index in [-0.39, 0.29) is 5.91 Å². The minimum Gasteiger partial charge on any atom is -0.374 e. The molecule has 0 aromatic heterocycles. The molecule has 3 aliphatic rings. The van der Waals surface area contributed by atoms with Crippen LogP contribution in [-0.2, 0) is 14.3 Å². The number of para-hydroxylation sites is 1. The van der Waals surface area contributed by atoms with Gasteiger partial charge in [0, 0.05) is 18.7 Å². The number of benzene rings is 1. The molecule has 3 atom stereocenters. The molecule has 1 aromatic rings. The van der Waals surface area contributed by atoms with Gasteiger partial charge in [-0.05, 0) is 19.1 Å². The van der Waals surface area contributed by atoms with E-state index in [2.05, 4.69) is 5.32 Å². The Balaban J connectivity index is 2.06. The Labute approximate surface area is 122 Å². The summed E-state index contributed by atoms with van der Waals surface area (Å²) in [4.78, 5) is 26.4. The third kappa shape index (κ3) is 1.82. The molecule has 4 rings (SSSR count). The molecule has 6 nitrogen and oxygen atoms in total. The third-order valence-corrected chi connectivity index (χ3v) is 3.99. The van der Waals surface area contributed by atoms with Crippen LogP contribution in [0.5, 0.6) is 0 Å². The number of nitrogens with zero attached hydrogens (tertiary/aromatic N) is 2. The van der Waals surface area contributed by atoms with Gasteiger partial charge in [-0.15, -0.1) is 0 Å². The van der Waals surface area contributed by atoms with E-state index in [1.807, 2.05) is 12.1 Å². The number of hydrogen-bond donors (Lipinski definition) is 1. The Kier molecular flexibility index (Phi) is 3.15. The van der Waals surface area contributed by atoms with Gasteiger partial charge in [-0.25, -0.2) is 0 Å². The van der Waals surface area contributed by atoms with Crippen LogP contribution >= 0.6 is 0 Å². The lowest BCUT2D eigenvalue weighted by molar-refractivity contribution is -0.150. The molecule has 0 aliphatic carbocycles. The van der Waals surface area contributed by atoms with Gasteiger partial charge in [0.05, 0.1) is 0 Å². The van der Waals surface area contributed by atoms with Crippen LogP contribution in [0.1, 0.15) is 13.3 Å². The monoisotopic (exact) mass is 285 g/mol. The van der Waals surface area contributed by atoms with Crippen LogP contribution in [0, 0.1) is 11.3 Å². The molecule has 1 N–H and O–H groups in total. The van der Waals surface area contributed by atoms with E-state index in [0.29, 0.717) is 18.7 Å². The normalized spacial score (nSPS) is 31.0. The number of ether oxygens (including phenoxy) is 1. The van der Waals surface area contributed by atoms with Gasteiger partial charge in [0.25, 0.3) is 5.91 Å². The number of amides is 2. The molecule has 0 spiro atoms. The van der Waals surface area contributed by atoms with Crippen LogP contribution in [0.25, 0.3) is 0 Å². The number of carbonyl (C=O) groups excluding carboxylic acids is 2. The SMILES string of the molecule is CCO[C@H]1C[C@@H]2C(=O)N[C@@]1(C#N)C(=O)N2c1ccccc1. The van der Waals surface area contributed by atoms with Crippen molar-refractivity contribution in [1.29, 1.82) is 5.26 Å². The Morgan fingerprint density at radius 1 is 1.43 bits per heavy atom. The number of rotatable bonds is 3. The number of piperazine rings is 1. The molecular weight excluding hydrogens is 270 g/mol. The molecule has 2 bridgehead atoms. The number of piperidine rings is 2. The standard InChI is InChI=1S/C15H15N3O3/c1-2-21-12-8-11-13(19)17-15(12,9-16)14(20)18(11)10-6-4-3-5-7-10/h3-7,11-12H,2,8H2,1H3,(H,17,19)/t11-,12+,15-/m1/s1. The molecule has 2 amide bonds. The van der Waals surface area contributed by atoms with Crippen molar-refractivity contribution < 1.29 is 14.3 Å². The minimum atomic E-state index is -1.63. The van der Waals surface area contributed by atoms with E-state index in [0.717, 1.165) is 0 Å². The molecule has 3 saturated heterocycles. The van der Waals surface area contributed by atoms with Crippen LogP contribution in [0.2, 0.25) is 0 Å². The number of nitrogens with one attached hydrogen (secondary N) is 1. The van der Waals surface area contributed by atoms with Crippen LogP contribution in [0.3, 0.4) is 0 Å². The van der Waals surface area contributed by atoms with Crippen LogP contribution < -0.4 is 10.2 Å². The van der Waals surface area contributed by atoms with Crippen molar-refractivity contribution >= 4 is 17.5 Å². The van der Waals surface area contributed by atoms with Crippen LogP contribution in [-0.4, -0.2) is 36.1 Å². The average Bonchev–Trinajstić information content (AvgIpc) is 2.50. The summed E-state index contributed by atoms with van der Waals surface area (Å²) in [7, 11) is 0. The zero-order valence-electron chi connectivity index (χ0n) is 11.6. The molecule has 0 saturated carbocycles. The molecule has 21 heavy (non-hydrogen) atoms. The van der Waals surface area contributed by atoms with Crippen molar-refractivity contribution in [3.63, 3.8) is 0 Å². The fourth-order valence-corrected chi connectivity index (χ4v) is 3.02. The zero-order valence-corrected chi connectivity index (χ0v) is 11.6. The first-order valence-electron chi connectivity index (χ1n) is 6.87. The van der Waals surface area contributed by atoms with E-state index in [1.165, 1.54) is 4.90 Å². The van der Waals surface area contributed by atoms with Gasteiger partial charge < -0.3 is 10.1 Å². The van der Waals surface area contributed by atoms with Gasteiger partial charge in [0.1, 0.15) is 18.2 Å². The van der Waals surface area contributed by atoms with E-state index < -0.39 is 23.6 Å². The second-order valence-corrected chi connectivity index (χ2v) is 5.12. The van der Waals surface area contributed by atoms with Crippen molar-refractivity contribution in [2.45, 2.75) is 31.0 Å². The summed E-state index contributed by atoms with van der Waals surface area (Å²) in [6.45, 7) is 2.18. The summed E-state index contributed by atoms with van der Waals surface area (Å²) >= 11 is 0. The predicted molar refractivity (Wildman–Crippen MR) is 74.2 cm³/mol. The first-order chi connectivity index (χ1) is 10.1. The summed E-state index contributed by atoms with van der Waals surface area (Å²) in [5, 5.41) is 12.1. The van der Waals surface area contributed by atoms with E-state index in [1.54, 1.807) is 31.2 Å². The number of fused-ring (bicyclic) bond motifs is 3. The molecule has 3 fully saturated rings. The number of carbonyl (C=O) groups is 2. The van der Waals surface area contributed by atoms with Crippen LogP contribution in [0.15, 0.2) is 30.3 Å². The number of nitriles is 1. The molecule has 3 aliphatic heterocycles. The number of hydrogen-bond acceptors (Lipinski definition) is 4. The maximum atomic E-state index is 12.8. The van der Waals surface area contributed by atoms with Crippen molar-refractivity contribution in [3.8, 4) is 6.07 Å². The Bertz CT molecular complexity index is 625. The van der Waals surface area contributed by atoms with Crippen LogP contribution in [0.4, 0.5) is 5.69 Å². The van der Waals surface area contributed by atoms with E-state index >= 15 is 0 Å². The second kappa shape index (κ2) is 4.86. The highest BCUT2D eigenvalue weighted by Crippen LogP contribution is 2.37. The molecule has 6 heteroatoms. The first kappa shape index (κ1) is 13.6. The first-order valence-corrected chi connectivity index (χ1v) is 6.87. The topological polar surface area (TPSA) is 82.4 Å². The third-order valence-electron chi connectivity index (χ3n) is 3.99. The Morgan fingerprint density at radius 2 is 2.14 bits per heavy atom. The predicted octanol–water partition coefficient (Wildman–Crippen LogP) is 0.589. The molecule has 108 valence electrons. The van der Waals surface area contributed by atoms with E-state index in [9.17, 15) is 14.9 Å². The molecule has 3 heterocycles. The quantitative estimate of drug-likeness (QED) is 0.881.